The van der Waals surface area contributed by atoms with Crippen LogP contribution in [0.3, 0.4) is 0 Å². The zero-order valence-electron chi connectivity index (χ0n) is 9.03. The van der Waals surface area contributed by atoms with Crippen LogP contribution in [0.4, 0.5) is 0 Å². The quantitative estimate of drug-likeness (QED) is 0.710. The van der Waals surface area contributed by atoms with Crippen LogP contribution in [0.25, 0.3) is 0 Å². The number of nitrogens with one attached hydrogen (secondary N) is 1. The molecule has 0 aliphatic carbocycles. The Balaban J connectivity index is 1.69. The molecule has 15 heavy (non-hydrogen) atoms. The molecule has 0 spiro atoms. The van der Waals surface area contributed by atoms with Gasteiger partial charge in [0.1, 0.15) is 0 Å². The van der Waals surface area contributed by atoms with Gasteiger partial charge >= 0.3 is 0 Å². The summed E-state index contributed by atoms with van der Waals surface area (Å²) in [6.07, 6.45) is 3.24. The Hall–Kier alpha value is -0.130. The summed E-state index contributed by atoms with van der Waals surface area (Å²) in [6.45, 7) is 7.61. The molecule has 0 aromatic carbocycles. The van der Waals surface area contributed by atoms with Gasteiger partial charge < -0.3 is 5.32 Å². The van der Waals surface area contributed by atoms with Crippen LogP contribution in [0, 0.1) is 0 Å². The summed E-state index contributed by atoms with van der Waals surface area (Å²) in [5, 5.41) is 3.35. The summed E-state index contributed by atoms with van der Waals surface area (Å²) in [7, 11) is 0. The molecule has 2 aliphatic rings. The molecule has 0 amide bonds. The molecule has 86 valence electrons. The van der Waals surface area contributed by atoms with Gasteiger partial charge in [-0.15, -0.1) is 0 Å². The van der Waals surface area contributed by atoms with Crippen molar-refractivity contribution < 1.29 is 0 Å². The van der Waals surface area contributed by atoms with Crippen LogP contribution in [-0.4, -0.2) is 61.0 Å². The van der Waals surface area contributed by atoms with Crippen LogP contribution in [0.2, 0.25) is 0 Å². The second kappa shape index (κ2) is 5.82. The Morgan fingerprint density at radius 2 is 1.87 bits per heavy atom. The fraction of sp³-hybridized carbons (Fsp3) is 0.800. The number of halogens is 1. The fourth-order valence-corrected chi connectivity index (χ4v) is 2.32. The Bertz CT molecular complexity index is 209. The first-order valence-electron chi connectivity index (χ1n) is 5.51. The van der Waals surface area contributed by atoms with E-state index >= 15 is 0 Å². The van der Waals surface area contributed by atoms with Crippen molar-refractivity contribution in [2.45, 2.75) is 6.42 Å². The van der Waals surface area contributed by atoms with Crippen LogP contribution in [0.1, 0.15) is 6.42 Å². The van der Waals surface area contributed by atoms with E-state index in [-0.39, 0.29) is 0 Å². The molecule has 0 aromatic heterocycles. The van der Waals surface area contributed by atoms with Crippen LogP contribution in [-0.2, 0) is 0 Å². The second-order valence-electron chi connectivity index (χ2n) is 4.21. The van der Waals surface area contributed by atoms with Crippen molar-refractivity contribution in [3.05, 3.63) is 11.6 Å². The molecular weight excluding hydrogens is 212 g/mol. The highest BCUT2D eigenvalue weighted by Crippen LogP contribution is 2.12. The monoisotopic (exact) mass is 230 g/mol. The predicted molar refractivity (Wildman–Crippen MR) is 62.3 cm³/mol. The van der Waals surface area contributed by atoms with E-state index in [4.69, 9.17) is 11.6 Å². The van der Waals surface area contributed by atoms with Crippen molar-refractivity contribution >= 4 is 11.6 Å². The van der Waals surface area contributed by atoms with Gasteiger partial charge in [0.2, 0.25) is 0 Å². The van der Waals surface area contributed by atoms with Crippen LogP contribution in [0.5, 0.6) is 0 Å². The lowest BCUT2D eigenvalue weighted by Crippen LogP contribution is -2.59. The number of nitrogens with zero attached hydrogens (tertiary/aromatic N) is 3. The van der Waals surface area contributed by atoms with E-state index in [2.05, 4.69) is 20.0 Å². The molecule has 2 bridgehead atoms. The summed E-state index contributed by atoms with van der Waals surface area (Å²) in [6, 6.07) is 0. The Labute approximate surface area is 96.5 Å². The molecule has 5 heteroatoms. The lowest BCUT2D eigenvalue weighted by molar-refractivity contribution is -0.0578. The molecule has 2 fully saturated rings. The molecule has 2 heterocycles. The zero-order valence-corrected chi connectivity index (χ0v) is 9.79. The van der Waals surface area contributed by atoms with Crippen molar-refractivity contribution in [1.29, 1.82) is 0 Å². The van der Waals surface area contributed by atoms with Gasteiger partial charge in [0, 0.05) is 25.2 Å². The average Bonchev–Trinajstić information content (AvgIpc) is 2.24. The van der Waals surface area contributed by atoms with Gasteiger partial charge in [0.05, 0.1) is 26.7 Å². The molecule has 0 aromatic rings. The van der Waals surface area contributed by atoms with Crippen LogP contribution in [0.15, 0.2) is 11.6 Å². The fourth-order valence-electron chi connectivity index (χ4n) is 2.23. The first-order chi connectivity index (χ1) is 7.38. The van der Waals surface area contributed by atoms with Gasteiger partial charge in [-0.1, -0.05) is 17.7 Å². The molecule has 2 atom stereocenters. The highest BCUT2D eigenvalue weighted by atomic mass is 35.5. The van der Waals surface area contributed by atoms with Gasteiger partial charge in [0.15, 0.2) is 0 Å². The summed E-state index contributed by atoms with van der Waals surface area (Å²) in [5.41, 5.74) is 1.56. The van der Waals surface area contributed by atoms with E-state index in [0.717, 1.165) is 33.2 Å². The minimum atomic E-state index is 0.847. The highest BCUT2D eigenvalue weighted by Gasteiger charge is 2.25. The van der Waals surface area contributed by atoms with Crippen molar-refractivity contribution in [3.8, 4) is 0 Å². The van der Waals surface area contributed by atoms with Gasteiger partial charge in [-0.05, 0) is 6.42 Å². The molecule has 1 N–H and O–H groups in total. The molecule has 2 rings (SSSR count). The summed E-state index contributed by atoms with van der Waals surface area (Å²) < 4.78 is 0. The first-order valence-corrected chi connectivity index (χ1v) is 5.95. The lowest BCUT2D eigenvalue weighted by atomic mass is 10.3. The number of rotatable bonds is 4. The molecule has 2 aliphatic heterocycles. The average molecular weight is 231 g/mol. The van der Waals surface area contributed by atoms with E-state index in [1.807, 2.05) is 6.08 Å². The lowest BCUT2D eigenvalue weighted by Gasteiger charge is -2.45. The number of fused-ring (bicyclic) bond motifs is 2. The first kappa shape index (κ1) is 11.4. The Morgan fingerprint density at radius 3 is 2.53 bits per heavy atom. The van der Waals surface area contributed by atoms with Gasteiger partial charge in [-0.2, -0.15) is 0 Å². The third-order valence-corrected chi connectivity index (χ3v) is 3.01. The molecule has 0 radical (unpaired) electrons. The standard InChI is InChI=1S/C10H19ClN4/c11-3-1-4-12-7-15-9-13-5-2-6-14(8-13)10-15/h1,3,12H,2,4-10H2/b3-1+. The van der Waals surface area contributed by atoms with E-state index < -0.39 is 0 Å². The minimum Gasteiger partial charge on any atom is -0.301 e. The smallest absolute Gasteiger partial charge is 0.0542 e. The second-order valence-corrected chi connectivity index (χ2v) is 4.46. The van der Waals surface area contributed by atoms with Crippen molar-refractivity contribution in [3.63, 3.8) is 0 Å². The van der Waals surface area contributed by atoms with Crippen molar-refractivity contribution in [1.82, 2.24) is 20.0 Å². The summed E-state index contributed by atoms with van der Waals surface area (Å²) >= 11 is 5.45. The number of hydrogen-bond donors (Lipinski definition) is 1. The molecule has 2 unspecified atom stereocenters. The van der Waals surface area contributed by atoms with E-state index in [1.54, 1.807) is 5.54 Å². The maximum Gasteiger partial charge on any atom is 0.0542 e. The van der Waals surface area contributed by atoms with Gasteiger partial charge in [-0.3, -0.25) is 14.7 Å². The molecule has 0 saturated carbocycles. The van der Waals surface area contributed by atoms with E-state index in [9.17, 15) is 0 Å². The predicted octanol–water partition coefficient (Wildman–Crippen LogP) is 0.482. The normalized spacial score (nSPS) is 32.3. The topological polar surface area (TPSA) is 21.8 Å². The van der Waals surface area contributed by atoms with Crippen molar-refractivity contribution in [2.24, 2.45) is 0 Å². The molecular formula is C10H19ClN4. The van der Waals surface area contributed by atoms with Gasteiger partial charge in [-0.25, -0.2) is 0 Å². The maximum atomic E-state index is 5.45. The van der Waals surface area contributed by atoms with Crippen LogP contribution < -0.4 is 5.32 Å². The van der Waals surface area contributed by atoms with Crippen LogP contribution >= 0.6 is 11.6 Å². The zero-order chi connectivity index (χ0) is 10.5. The molecule has 2 saturated heterocycles. The summed E-state index contributed by atoms with van der Waals surface area (Å²) in [4.78, 5) is 7.41. The minimum absolute atomic E-state index is 0.847. The van der Waals surface area contributed by atoms with E-state index in [1.165, 1.54) is 19.5 Å². The largest absolute Gasteiger partial charge is 0.301 e. The van der Waals surface area contributed by atoms with Crippen molar-refractivity contribution in [2.75, 3.05) is 46.3 Å². The van der Waals surface area contributed by atoms with E-state index in [0.29, 0.717) is 0 Å². The van der Waals surface area contributed by atoms with Gasteiger partial charge in [0.25, 0.3) is 0 Å². The third kappa shape index (κ3) is 3.43. The Morgan fingerprint density at radius 1 is 1.13 bits per heavy atom. The maximum absolute atomic E-state index is 5.45. The molecule has 4 nitrogen and oxygen atoms in total. The SMILES string of the molecule is Cl/C=C/CNCN1CN2CCCN(C2)C1. The Kier molecular flexibility index (Phi) is 4.41. The number of hydrogen-bond acceptors (Lipinski definition) is 4. The highest BCUT2D eigenvalue weighted by molar-refractivity contribution is 6.25. The third-order valence-electron chi connectivity index (χ3n) is 2.84. The summed E-state index contributed by atoms with van der Waals surface area (Å²) in [5.74, 6) is 0.